The normalized spacial score (nSPS) is 11.0. The van der Waals surface area contributed by atoms with Gasteiger partial charge in [-0.25, -0.2) is 8.42 Å². The van der Waals surface area contributed by atoms with Crippen LogP contribution in [0.1, 0.15) is 16.1 Å². The van der Waals surface area contributed by atoms with Crippen LogP contribution in [0.25, 0.3) is 0 Å². The fourth-order valence-electron chi connectivity index (χ4n) is 3.58. The summed E-state index contributed by atoms with van der Waals surface area (Å²) in [5, 5.41) is 5.80. The van der Waals surface area contributed by atoms with Gasteiger partial charge in [-0.05, 0) is 72.8 Å². The third-order valence-electron chi connectivity index (χ3n) is 5.50. The average Bonchev–Trinajstić information content (AvgIpc) is 3.45. The van der Waals surface area contributed by atoms with Crippen molar-refractivity contribution in [3.63, 3.8) is 0 Å². The quantitative estimate of drug-likeness (QED) is 0.294. The number of sulfonamides is 1. The lowest BCUT2D eigenvalue weighted by atomic mass is 10.1. The number of nitrogens with zero attached hydrogens (tertiary/aromatic N) is 1. The maximum atomic E-state index is 13.6. The van der Waals surface area contributed by atoms with E-state index in [1.807, 2.05) is 0 Å². The van der Waals surface area contributed by atoms with Gasteiger partial charge >= 0.3 is 0 Å². The number of para-hydroxylation sites is 1. The molecule has 3 aromatic carbocycles. The Hall–Kier alpha value is -4.28. The highest BCUT2D eigenvalue weighted by atomic mass is 35.5. The minimum atomic E-state index is -4.16. The summed E-state index contributed by atoms with van der Waals surface area (Å²) in [6.07, 6.45) is 1.50. The Bertz CT molecular complexity index is 1510. The van der Waals surface area contributed by atoms with Crippen LogP contribution in [0.4, 0.5) is 11.4 Å². The Morgan fingerprint density at radius 2 is 1.66 bits per heavy atom. The molecule has 0 saturated heterocycles. The summed E-state index contributed by atoms with van der Waals surface area (Å²) in [7, 11) is -2.68. The molecule has 0 aliphatic rings. The van der Waals surface area contributed by atoms with E-state index in [1.165, 1.54) is 61.9 Å². The van der Waals surface area contributed by atoms with Crippen molar-refractivity contribution in [1.29, 1.82) is 0 Å². The zero-order chi connectivity index (χ0) is 27.1. The topological polar surface area (TPSA) is 118 Å². The lowest BCUT2D eigenvalue weighted by Crippen LogP contribution is -2.38. The minimum absolute atomic E-state index is 0.0289. The molecule has 196 valence electrons. The number of methoxy groups -OCH3 is 1. The smallest absolute Gasteiger partial charge is 0.264 e. The van der Waals surface area contributed by atoms with Gasteiger partial charge in [0.25, 0.3) is 15.9 Å². The van der Waals surface area contributed by atoms with Crippen molar-refractivity contribution in [2.75, 3.05) is 23.3 Å². The van der Waals surface area contributed by atoms with E-state index in [0.29, 0.717) is 16.5 Å². The standard InChI is InChI=1S/C27H24ClN3O6S/c1-36-21-12-14-23(15-13-21)38(34,35)31(20-10-8-19(28)9-11-20)18-26(32)30-25-7-3-2-6-24(25)27(33)29-17-22-5-4-16-37-22/h2-16H,17-18H2,1H3,(H,29,33)(H,30,32). The third-order valence-corrected chi connectivity index (χ3v) is 7.54. The first-order chi connectivity index (χ1) is 18.3. The molecule has 0 fully saturated rings. The van der Waals surface area contributed by atoms with E-state index in [1.54, 1.807) is 36.4 Å². The number of halogens is 1. The molecule has 0 aliphatic heterocycles. The maximum Gasteiger partial charge on any atom is 0.264 e. The molecule has 11 heteroatoms. The van der Waals surface area contributed by atoms with E-state index in [0.717, 1.165) is 4.31 Å². The Morgan fingerprint density at radius 3 is 2.32 bits per heavy atom. The molecule has 4 aromatic rings. The van der Waals surface area contributed by atoms with Crippen molar-refractivity contribution < 1.29 is 27.2 Å². The van der Waals surface area contributed by atoms with Crippen molar-refractivity contribution in [3.05, 3.63) is 108 Å². The van der Waals surface area contributed by atoms with Gasteiger partial charge in [-0.15, -0.1) is 0 Å². The second-order valence-corrected chi connectivity index (χ2v) is 10.3. The summed E-state index contributed by atoms with van der Waals surface area (Å²) in [6.45, 7) is -0.392. The van der Waals surface area contributed by atoms with E-state index in [2.05, 4.69) is 10.6 Å². The van der Waals surface area contributed by atoms with E-state index in [9.17, 15) is 18.0 Å². The number of hydrogen-bond donors (Lipinski definition) is 2. The molecule has 38 heavy (non-hydrogen) atoms. The molecular weight excluding hydrogens is 530 g/mol. The van der Waals surface area contributed by atoms with Crippen LogP contribution in [-0.2, 0) is 21.4 Å². The van der Waals surface area contributed by atoms with Gasteiger partial charge in [0.15, 0.2) is 0 Å². The molecule has 9 nitrogen and oxygen atoms in total. The Kier molecular flexibility index (Phi) is 8.35. The largest absolute Gasteiger partial charge is 0.497 e. The highest BCUT2D eigenvalue weighted by Crippen LogP contribution is 2.27. The van der Waals surface area contributed by atoms with Crippen LogP contribution in [0.5, 0.6) is 5.75 Å². The molecule has 0 atom stereocenters. The second kappa shape index (κ2) is 11.8. The summed E-state index contributed by atoms with van der Waals surface area (Å²) in [4.78, 5) is 25.9. The first kappa shape index (κ1) is 26.8. The average molecular weight is 554 g/mol. The van der Waals surface area contributed by atoms with Crippen LogP contribution in [0.3, 0.4) is 0 Å². The fourth-order valence-corrected chi connectivity index (χ4v) is 5.13. The first-order valence-corrected chi connectivity index (χ1v) is 13.2. The van der Waals surface area contributed by atoms with Crippen molar-refractivity contribution in [1.82, 2.24) is 5.32 Å². The fraction of sp³-hybridized carbons (Fsp3) is 0.111. The number of furan rings is 1. The number of anilines is 2. The summed E-state index contributed by atoms with van der Waals surface area (Å²) in [6, 6.07) is 21.8. The number of ether oxygens (including phenoxy) is 1. The highest BCUT2D eigenvalue weighted by Gasteiger charge is 2.28. The zero-order valence-electron chi connectivity index (χ0n) is 20.3. The van der Waals surface area contributed by atoms with Gasteiger partial charge in [-0.3, -0.25) is 13.9 Å². The van der Waals surface area contributed by atoms with Crippen LogP contribution < -0.4 is 19.7 Å². The van der Waals surface area contributed by atoms with Crippen LogP contribution >= 0.6 is 11.6 Å². The Balaban J connectivity index is 1.57. The molecular formula is C27H24ClN3O6S. The number of rotatable bonds is 10. The van der Waals surface area contributed by atoms with E-state index in [-0.39, 0.29) is 28.4 Å². The van der Waals surface area contributed by atoms with Crippen LogP contribution in [-0.4, -0.2) is 33.9 Å². The maximum absolute atomic E-state index is 13.6. The van der Waals surface area contributed by atoms with Gasteiger partial charge in [0.1, 0.15) is 18.1 Å². The lowest BCUT2D eigenvalue weighted by Gasteiger charge is -2.24. The third kappa shape index (κ3) is 6.34. The van der Waals surface area contributed by atoms with Crippen LogP contribution in [0.2, 0.25) is 5.02 Å². The summed E-state index contributed by atoms with van der Waals surface area (Å²) < 4.78 is 38.5. The second-order valence-electron chi connectivity index (χ2n) is 8.02. The summed E-state index contributed by atoms with van der Waals surface area (Å²) in [5.74, 6) is -0.0232. The van der Waals surface area contributed by atoms with E-state index in [4.69, 9.17) is 20.8 Å². The molecule has 0 spiro atoms. The number of carbonyl (C=O) groups is 2. The predicted octanol–water partition coefficient (Wildman–Crippen LogP) is 4.71. The van der Waals surface area contributed by atoms with Gasteiger partial charge in [-0.2, -0.15) is 0 Å². The number of carbonyl (C=O) groups excluding carboxylic acids is 2. The Labute approximate surface area is 225 Å². The van der Waals surface area contributed by atoms with Crippen molar-refractivity contribution in [2.45, 2.75) is 11.4 Å². The number of hydrogen-bond acceptors (Lipinski definition) is 6. The molecule has 0 saturated carbocycles. The molecule has 0 aliphatic carbocycles. The number of amides is 2. The molecule has 4 rings (SSSR count). The summed E-state index contributed by atoms with van der Waals surface area (Å²) in [5.41, 5.74) is 0.681. The number of nitrogens with one attached hydrogen (secondary N) is 2. The van der Waals surface area contributed by atoms with Crippen molar-refractivity contribution in [2.24, 2.45) is 0 Å². The summed E-state index contributed by atoms with van der Waals surface area (Å²) >= 11 is 5.99. The van der Waals surface area contributed by atoms with Gasteiger partial charge < -0.3 is 19.8 Å². The molecule has 1 heterocycles. The zero-order valence-corrected chi connectivity index (χ0v) is 21.8. The van der Waals surface area contributed by atoms with E-state index >= 15 is 0 Å². The first-order valence-electron chi connectivity index (χ1n) is 11.4. The lowest BCUT2D eigenvalue weighted by molar-refractivity contribution is -0.114. The molecule has 0 bridgehead atoms. The van der Waals surface area contributed by atoms with Gasteiger partial charge in [0, 0.05) is 5.02 Å². The SMILES string of the molecule is COc1ccc(S(=O)(=O)N(CC(=O)Nc2ccccc2C(=O)NCc2ccco2)c2ccc(Cl)cc2)cc1. The van der Waals surface area contributed by atoms with Gasteiger partial charge in [0.05, 0.1) is 41.8 Å². The predicted molar refractivity (Wildman–Crippen MR) is 144 cm³/mol. The molecule has 2 amide bonds. The van der Waals surface area contributed by atoms with E-state index < -0.39 is 28.4 Å². The minimum Gasteiger partial charge on any atom is -0.497 e. The monoisotopic (exact) mass is 553 g/mol. The number of benzene rings is 3. The van der Waals surface area contributed by atoms with Crippen molar-refractivity contribution >= 4 is 44.8 Å². The van der Waals surface area contributed by atoms with Crippen molar-refractivity contribution in [3.8, 4) is 5.75 Å². The molecule has 1 aromatic heterocycles. The van der Waals surface area contributed by atoms with Crippen LogP contribution in [0.15, 0.2) is 101 Å². The van der Waals surface area contributed by atoms with Gasteiger partial charge in [0.2, 0.25) is 5.91 Å². The Morgan fingerprint density at radius 1 is 0.947 bits per heavy atom. The van der Waals surface area contributed by atoms with Gasteiger partial charge in [-0.1, -0.05) is 23.7 Å². The molecule has 0 unspecified atom stereocenters. The van der Waals surface area contributed by atoms with Crippen LogP contribution in [0, 0.1) is 0 Å². The molecule has 2 N–H and O–H groups in total. The molecule has 0 radical (unpaired) electrons. The highest BCUT2D eigenvalue weighted by molar-refractivity contribution is 7.92.